The Bertz CT molecular complexity index is 395. The second kappa shape index (κ2) is 4.15. The molecule has 1 fully saturated rings. The number of nitrogens with two attached hydrogens (primary N) is 1. The zero-order valence-corrected chi connectivity index (χ0v) is 9.73. The Morgan fingerprint density at radius 3 is 2.94 bits per heavy atom. The minimum Gasteiger partial charge on any atom is -0.396 e. The second-order valence-electron chi connectivity index (χ2n) is 4.39. The van der Waals surface area contributed by atoms with Crippen LogP contribution in [-0.4, -0.2) is 21.7 Å². The highest BCUT2D eigenvalue weighted by Crippen LogP contribution is 2.32. The topological polar surface area (TPSA) is 72.9 Å². The Labute approximate surface area is 95.0 Å². The lowest BCUT2D eigenvalue weighted by Crippen LogP contribution is -2.34. The van der Waals surface area contributed by atoms with Crippen molar-refractivity contribution in [2.45, 2.75) is 39.3 Å². The Hall–Kier alpha value is -1.52. The van der Waals surface area contributed by atoms with E-state index in [1.807, 2.05) is 13.8 Å². The fourth-order valence-corrected chi connectivity index (χ4v) is 1.76. The third-order valence-corrected chi connectivity index (χ3v) is 3.02. The number of nitrogens with one attached hydrogen (secondary N) is 1. The van der Waals surface area contributed by atoms with Gasteiger partial charge in [0.15, 0.2) is 5.69 Å². The van der Waals surface area contributed by atoms with E-state index in [0.717, 1.165) is 6.54 Å². The fraction of sp³-hybridized carbons (Fsp3) is 0.636. The third-order valence-electron chi connectivity index (χ3n) is 3.02. The van der Waals surface area contributed by atoms with Crippen LogP contribution in [0.2, 0.25) is 0 Å². The number of anilines is 1. The SMILES string of the molecule is CCn1cc(N)c(C(=O)NC(C)C2CC2)n1. The highest BCUT2D eigenvalue weighted by Gasteiger charge is 2.29. The molecule has 1 amide bonds. The number of nitrogen functional groups attached to an aromatic ring is 1. The van der Waals surface area contributed by atoms with E-state index < -0.39 is 0 Å². The van der Waals surface area contributed by atoms with Crippen molar-refractivity contribution in [2.75, 3.05) is 5.73 Å². The number of carbonyl (C=O) groups is 1. The van der Waals surface area contributed by atoms with Gasteiger partial charge in [-0.1, -0.05) is 0 Å². The van der Waals surface area contributed by atoms with Crippen molar-refractivity contribution in [1.82, 2.24) is 15.1 Å². The summed E-state index contributed by atoms with van der Waals surface area (Å²) in [5.41, 5.74) is 6.53. The Morgan fingerprint density at radius 2 is 2.44 bits per heavy atom. The lowest BCUT2D eigenvalue weighted by Gasteiger charge is -2.11. The van der Waals surface area contributed by atoms with Gasteiger partial charge in [0.2, 0.25) is 0 Å². The monoisotopic (exact) mass is 222 g/mol. The summed E-state index contributed by atoms with van der Waals surface area (Å²) in [5.74, 6) is 0.475. The summed E-state index contributed by atoms with van der Waals surface area (Å²) in [4.78, 5) is 11.9. The summed E-state index contributed by atoms with van der Waals surface area (Å²) in [6, 6.07) is 0.221. The molecule has 0 aromatic carbocycles. The van der Waals surface area contributed by atoms with Crippen molar-refractivity contribution < 1.29 is 4.79 Å². The minimum absolute atomic E-state index is 0.163. The molecule has 1 aromatic rings. The summed E-state index contributed by atoms with van der Waals surface area (Å²) >= 11 is 0. The molecule has 0 spiro atoms. The molecule has 1 aliphatic carbocycles. The smallest absolute Gasteiger partial charge is 0.274 e. The van der Waals surface area contributed by atoms with E-state index in [0.29, 0.717) is 17.3 Å². The maximum absolute atomic E-state index is 11.9. The molecular weight excluding hydrogens is 204 g/mol. The summed E-state index contributed by atoms with van der Waals surface area (Å²) in [6.45, 7) is 4.71. The number of amides is 1. The molecule has 0 bridgehead atoms. The highest BCUT2D eigenvalue weighted by molar-refractivity contribution is 5.97. The predicted octanol–water partition coefficient (Wildman–Crippen LogP) is 1.01. The molecule has 1 aromatic heterocycles. The van der Waals surface area contributed by atoms with Gasteiger partial charge in [-0.3, -0.25) is 9.48 Å². The average molecular weight is 222 g/mol. The standard InChI is InChI=1S/C11H18N4O/c1-3-15-6-9(12)10(14-15)11(16)13-7(2)8-4-5-8/h6-8H,3-5,12H2,1-2H3,(H,13,16). The molecule has 3 N–H and O–H groups in total. The largest absolute Gasteiger partial charge is 0.396 e. The Balaban J connectivity index is 2.04. The molecule has 0 radical (unpaired) electrons. The van der Waals surface area contributed by atoms with Crippen molar-refractivity contribution in [1.29, 1.82) is 0 Å². The van der Waals surface area contributed by atoms with Crippen LogP contribution >= 0.6 is 0 Å². The van der Waals surface area contributed by atoms with Crippen molar-refractivity contribution in [3.63, 3.8) is 0 Å². The van der Waals surface area contributed by atoms with Gasteiger partial charge in [-0.15, -0.1) is 0 Å². The third kappa shape index (κ3) is 2.18. The molecule has 1 heterocycles. The normalized spacial score (nSPS) is 17.1. The van der Waals surface area contributed by atoms with Crippen molar-refractivity contribution >= 4 is 11.6 Å². The number of hydrogen-bond donors (Lipinski definition) is 2. The Kier molecular flexibility index (Phi) is 2.85. The number of aryl methyl sites for hydroxylation is 1. The molecule has 88 valence electrons. The summed E-state index contributed by atoms with van der Waals surface area (Å²) in [5, 5.41) is 7.08. The van der Waals surface area contributed by atoms with E-state index in [4.69, 9.17) is 5.73 Å². The van der Waals surface area contributed by atoms with Crippen molar-refractivity contribution in [3.8, 4) is 0 Å². The number of rotatable bonds is 4. The predicted molar refractivity (Wildman–Crippen MR) is 62.0 cm³/mol. The number of aromatic nitrogens is 2. The highest BCUT2D eigenvalue weighted by atomic mass is 16.2. The lowest BCUT2D eigenvalue weighted by molar-refractivity contribution is 0.0931. The summed E-state index contributed by atoms with van der Waals surface area (Å²) < 4.78 is 1.67. The van der Waals surface area contributed by atoms with Crippen LogP contribution in [0.5, 0.6) is 0 Å². The van der Waals surface area contributed by atoms with E-state index >= 15 is 0 Å². The van der Waals surface area contributed by atoms with Crippen molar-refractivity contribution in [3.05, 3.63) is 11.9 Å². The number of hydrogen-bond acceptors (Lipinski definition) is 3. The fourth-order valence-electron chi connectivity index (χ4n) is 1.76. The van der Waals surface area contributed by atoms with Gasteiger partial charge in [-0.05, 0) is 32.6 Å². The van der Waals surface area contributed by atoms with Gasteiger partial charge < -0.3 is 11.1 Å². The first kappa shape index (κ1) is 11.0. The molecule has 1 unspecified atom stereocenters. The molecule has 1 saturated carbocycles. The van der Waals surface area contributed by atoms with Gasteiger partial charge in [0.25, 0.3) is 5.91 Å². The lowest BCUT2D eigenvalue weighted by atomic mass is 10.2. The molecule has 1 aliphatic rings. The number of carbonyl (C=O) groups excluding carboxylic acids is 1. The van der Waals surface area contributed by atoms with Gasteiger partial charge in [0.05, 0.1) is 5.69 Å². The molecule has 0 aliphatic heterocycles. The van der Waals surface area contributed by atoms with E-state index in [1.54, 1.807) is 10.9 Å². The Morgan fingerprint density at radius 1 is 1.75 bits per heavy atom. The average Bonchev–Trinajstić information content (AvgIpc) is 3.02. The van der Waals surface area contributed by atoms with Gasteiger partial charge in [-0.25, -0.2) is 0 Å². The van der Waals surface area contributed by atoms with E-state index in [-0.39, 0.29) is 11.9 Å². The van der Waals surface area contributed by atoms with E-state index in [9.17, 15) is 4.79 Å². The van der Waals surface area contributed by atoms with Crippen LogP contribution in [0.4, 0.5) is 5.69 Å². The van der Waals surface area contributed by atoms with Crippen molar-refractivity contribution in [2.24, 2.45) is 5.92 Å². The van der Waals surface area contributed by atoms with Crippen LogP contribution in [0, 0.1) is 5.92 Å². The maximum atomic E-state index is 11.9. The van der Waals surface area contributed by atoms with Gasteiger partial charge in [-0.2, -0.15) is 5.10 Å². The molecule has 16 heavy (non-hydrogen) atoms. The van der Waals surface area contributed by atoms with Crippen LogP contribution in [0.3, 0.4) is 0 Å². The van der Waals surface area contributed by atoms with Gasteiger partial charge in [0.1, 0.15) is 0 Å². The van der Waals surface area contributed by atoms with Crippen LogP contribution < -0.4 is 11.1 Å². The van der Waals surface area contributed by atoms with E-state index in [2.05, 4.69) is 10.4 Å². The number of nitrogens with zero attached hydrogens (tertiary/aromatic N) is 2. The zero-order valence-electron chi connectivity index (χ0n) is 9.73. The zero-order chi connectivity index (χ0) is 11.7. The quantitative estimate of drug-likeness (QED) is 0.798. The van der Waals surface area contributed by atoms with Gasteiger partial charge in [0, 0.05) is 18.8 Å². The second-order valence-corrected chi connectivity index (χ2v) is 4.39. The first-order chi connectivity index (χ1) is 7.61. The summed E-state index contributed by atoms with van der Waals surface area (Å²) in [6.07, 6.45) is 4.11. The maximum Gasteiger partial charge on any atom is 0.274 e. The molecular formula is C11H18N4O. The first-order valence-corrected chi connectivity index (χ1v) is 5.75. The van der Waals surface area contributed by atoms with Gasteiger partial charge >= 0.3 is 0 Å². The van der Waals surface area contributed by atoms with Crippen LogP contribution in [-0.2, 0) is 6.54 Å². The van der Waals surface area contributed by atoms with Crippen LogP contribution in [0.25, 0.3) is 0 Å². The minimum atomic E-state index is -0.163. The van der Waals surface area contributed by atoms with Crippen LogP contribution in [0.1, 0.15) is 37.2 Å². The van der Waals surface area contributed by atoms with E-state index in [1.165, 1.54) is 12.8 Å². The molecule has 5 nitrogen and oxygen atoms in total. The molecule has 5 heteroatoms. The van der Waals surface area contributed by atoms with Crippen LogP contribution in [0.15, 0.2) is 6.20 Å². The summed E-state index contributed by atoms with van der Waals surface area (Å²) in [7, 11) is 0. The molecule has 1 atom stereocenters. The molecule has 2 rings (SSSR count). The molecule has 0 saturated heterocycles. The first-order valence-electron chi connectivity index (χ1n) is 5.75.